The van der Waals surface area contributed by atoms with Crippen LogP contribution < -0.4 is 11.1 Å². The van der Waals surface area contributed by atoms with Gasteiger partial charge in [-0.2, -0.15) is 13.2 Å². The highest BCUT2D eigenvalue weighted by molar-refractivity contribution is 9.10. The van der Waals surface area contributed by atoms with Gasteiger partial charge in [0.2, 0.25) is 5.91 Å². The third-order valence-corrected chi connectivity index (χ3v) is 3.79. The average molecular weight is 351 g/mol. The number of hydrogen-bond donors (Lipinski definition) is 2. The second-order valence-corrected chi connectivity index (χ2v) is 5.90. The van der Waals surface area contributed by atoms with E-state index in [-0.39, 0.29) is 28.0 Å². The van der Waals surface area contributed by atoms with E-state index >= 15 is 0 Å². The van der Waals surface area contributed by atoms with Crippen molar-refractivity contribution in [2.75, 3.05) is 5.32 Å². The minimum atomic E-state index is -4.45. The molecule has 0 radical (unpaired) electrons. The highest BCUT2D eigenvalue weighted by Gasteiger charge is 2.32. The lowest BCUT2D eigenvalue weighted by Gasteiger charge is -2.13. The summed E-state index contributed by atoms with van der Waals surface area (Å²) >= 11 is 3.02. The number of nitrogens with one attached hydrogen (secondary N) is 1. The van der Waals surface area contributed by atoms with Crippen LogP contribution in [0.1, 0.15) is 24.8 Å². The number of carbonyl (C=O) groups is 1. The van der Waals surface area contributed by atoms with Crippen LogP contribution in [0.2, 0.25) is 0 Å². The molecule has 2 rings (SSSR count). The second kappa shape index (κ2) is 5.73. The fourth-order valence-electron chi connectivity index (χ4n) is 2.32. The zero-order chi connectivity index (χ0) is 14.9. The fraction of sp³-hybridized carbons (Fsp3) is 0.462. The number of nitrogens with two attached hydrogens (primary N) is 1. The van der Waals surface area contributed by atoms with Crippen LogP contribution >= 0.6 is 15.9 Å². The fourth-order valence-corrected chi connectivity index (χ4v) is 2.82. The molecule has 0 saturated heterocycles. The van der Waals surface area contributed by atoms with E-state index in [0.29, 0.717) is 12.8 Å². The van der Waals surface area contributed by atoms with Gasteiger partial charge in [0.15, 0.2) is 0 Å². The topological polar surface area (TPSA) is 55.1 Å². The number of amides is 1. The van der Waals surface area contributed by atoms with E-state index in [1.165, 1.54) is 6.07 Å². The molecule has 1 aliphatic carbocycles. The number of hydrogen-bond acceptors (Lipinski definition) is 2. The number of alkyl halides is 3. The molecule has 1 amide bonds. The van der Waals surface area contributed by atoms with Crippen LogP contribution in [0.3, 0.4) is 0 Å². The van der Waals surface area contributed by atoms with Crippen LogP contribution in [0.15, 0.2) is 22.7 Å². The van der Waals surface area contributed by atoms with Crippen molar-refractivity contribution in [2.45, 2.75) is 31.5 Å². The Hall–Kier alpha value is -1.08. The maximum Gasteiger partial charge on any atom is 0.416 e. The Morgan fingerprint density at radius 3 is 2.55 bits per heavy atom. The van der Waals surface area contributed by atoms with Crippen LogP contribution in [0, 0.1) is 5.92 Å². The number of carbonyl (C=O) groups excluding carboxylic acids is 1. The van der Waals surface area contributed by atoms with Crippen molar-refractivity contribution in [1.82, 2.24) is 0 Å². The summed E-state index contributed by atoms with van der Waals surface area (Å²) in [5.41, 5.74) is 5.06. The molecule has 1 aromatic rings. The molecule has 0 aliphatic heterocycles. The van der Waals surface area contributed by atoms with E-state index in [4.69, 9.17) is 5.73 Å². The molecule has 1 aliphatic rings. The van der Waals surface area contributed by atoms with Crippen molar-refractivity contribution in [2.24, 2.45) is 11.7 Å². The van der Waals surface area contributed by atoms with Crippen LogP contribution in [-0.2, 0) is 11.0 Å². The molecule has 3 N–H and O–H groups in total. The summed E-state index contributed by atoms with van der Waals surface area (Å²) in [6.07, 6.45) is -2.43. The van der Waals surface area contributed by atoms with Crippen molar-refractivity contribution in [1.29, 1.82) is 0 Å². The molecule has 0 spiro atoms. The molecular weight excluding hydrogens is 337 g/mol. The normalized spacial score (nSPS) is 22.9. The molecule has 1 aromatic carbocycles. The first-order valence-electron chi connectivity index (χ1n) is 6.20. The number of halogens is 4. The summed E-state index contributed by atoms with van der Waals surface area (Å²) < 4.78 is 38.3. The molecule has 2 unspecified atom stereocenters. The maximum absolute atomic E-state index is 12.7. The van der Waals surface area contributed by atoms with Gasteiger partial charge in [-0.1, -0.05) is 15.9 Å². The van der Waals surface area contributed by atoms with Crippen LogP contribution in [0.25, 0.3) is 0 Å². The summed E-state index contributed by atoms with van der Waals surface area (Å²) in [4.78, 5) is 12.0. The summed E-state index contributed by atoms with van der Waals surface area (Å²) in [5.74, 6) is -0.498. The molecular formula is C13H14BrF3N2O. The minimum Gasteiger partial charge on any atom is -0.328 e. The summed E-state index contributed by atoms with van der Waals surface area (Å²) in [5, 5.41) is 2.53. The van der Waals surface area contributed by atoms with Crippen molar-refractivity contribution < 1.29 is 18.0 Å². The molecule has 0 bridgehead atoms. The molecule has 0 heterocycles. The van der Waals surface area contributed by atoms with E-state index in [2.05, 4.69) is 21.2 Å². The second-order valence-electron chi connectivity index (χ2n) is 4.99. The predicted octanol–water partition coefficient (Wildman–Crippen LogP) is 3.53. The highest BCUT2D eigenvalue weighted by atomic mass is 79.9. The zero-order valence-electron chi connectivity index (χ0n) is 10.5. The van der Waals surface area contributed by atoms with Gasteiger partial charge in [-0.3, -0.25) is 4.79 Å². The van der Waals surface area contributed by atoms with Gasteiger partial charge in [-0.15, -0.1) is 0 Å². The van der Waals surface area contributed by atoms with E-state index in [0.717, 1.165) is 18.6 Å². The average Bonchev–Trinajstić information content (AvgIpc) is 2.74. The summed E-state index contributed by atoms with van der Waals surface area (Å²) in [6, 6.07) is 3.35. The lowest BCUT2D eigenvalue weighted by molar-refractivity contribution is -0.137. The summed E-state index contributed by atoms with van der Waals surface area (Å²) in [6.45, 7) is 0. The Morgan fingerprint density at radius 2 is 2.00 bits per heavy atom. The number of rotatable bonds is 2. The molecule has 1 saturated carbocycles. The van der Waals surface area contributed by atoms with Crippen molar-refractivity contribution in [3.8, 4) is 0 Å². The van der Waals surface area contributed by atoms with Gasteiger partial charge >= 0.3 is 6.18 Å². The largest absolute Gasteiger partial charge is 0.416 e. The van der Waals surface area contributed by atoms with Gasteiger partial charge < -0.3 is 11.1 Å². The smallest absolute Gasteiger partial charge is 0.328 e. The molecule has 110 valence electrons. The van der Waals surface area contributed by atoms with Crippen LogP contribution in [-0.4, -0.2) is 11.9 Å². The standard InChI is InChI=1S/C13H14BrF3N2O/c14-9-4-8(13(15,16)17)5-11(6-9)19-12(20)7-1-2-10(18)3-7/h4-7,10H,1-3,18H2,(H,19,20). The summed E-state index contributed by atoms with van der Waals surface area (Å²) in [7, 11) is 0. The molecule has 3 nitrogen and oxygen atoms in total. The first-order chi connectivity index (χ1) is 9.25. The van der Waals surface area contributed by atoms with Crippen molar-refractivity contribution >= 4 is 27.5 Å². The minimum absolute atomic E-state index is 0.000930. The van der Waals surface area contributed by atoms with E-state index in [9.17, 15) is 18.0 Å². The first kappa shape index (κ1) is 15.3. The quantitative estimate of drug-likeness (QED) is 0.857. The van der Waals surface area contributed by atoms with Gasteiger partial charge in [-0.05, 0) is 37.5 Å². The van der Waals surface area contributed by atoms with E-state index in [1.807, 2.05) is 0 Å². The lowest BCUT2D eigenvalue weighted by Crippen LogP contribution is -2.23. The van der Waals surface area contributed by atoms with Gasteiger partial charge in [0.1, 0.15) is 0 Å². The van der Waals surface area contributed by atoms with E-state index < -0.39 is 11.7 Å². The molecule has 1 fully saturated rings. The monoisotopic (exact) mass is 350 g/mol. The Bertz CT molecular complexity index is 519. The first-order valence-corrected chi connectivity index (χ1v) is 6.99. The zero-order valence-corrected chi connectivity index (χ0v) is 12.1. The molecule has 0 aromatic heterocycles. The third kappa shape index (κ3) is 3.73. The van der Waals surface area contributed by atoms with Gasteiger partial charge in [0.05, 0.1) is 5.56 Å². The Kier molecular flexibility index (Phi) is 4.39. The van der Waals surface area contributed by atoms with Gasteiger partial charge in [0, 0.05) is 22.1 Å². The predicted molar refractivity (Wildman–Crippen MR) is 73.1 cm³/mol. The Labute approximate surface area is 122 Å². The van der Waals surface area contributed by atoms with Crippen LogP contribution in [0.4, 0.5) is 18.9 Å². The Balaban J connectivity index is 2.13. The molecule has 20 heavy (non-hydrogen) atoms. The number of anilines is 1. The van der Waals surface area contributed by atoms with E-state index in [1.54, 1.807) is 0 Å². The highest BCUT2D eigenvalue weighted by Crippen LogP contribution is 2.34. The van der Waals surface area contributed by atoms with Crippen molar-refractivity contribution in [3.05, 3.63) is 28.2 Å². The third-order valence-electron chi connectivity index (χ3n) is 3.34. The molecule has 2 atom stereocenters. The number of benzene rings is 1. The van der Waals surface area contributed by atoms with Crippen LogP contribution in [0.5, 0.6) is 0 Å². The Morgan fingerprint density at radius 1 is 1.30 bits per heavy atom. The van der Waals surface area contributed by atoms with Crippen molar-refractivity contribution in [3.63, 3.8) is 0 Å². The van der Waals surface area contributed by atoms with Gasteiger partial charge in [0.25, 0.3) is 0 Å². The van der Waals surface area contributed by atoms with Gasteiger partial charge in [-0.25, -0.2) is 0 Å². The maximum atomic E-state index is 12.7. The lowest BCUT2D eigenvalue weighted by atomic mass is 10.1. The SMILES string of the molecule is NC1CCC(C(=O)Nc2cc(Br)cc(C(F)(F)F)c2)C1. The molecule has 7 heteroatoms.